The van der Waals surface area contributed by atoms with Gasteiger partial charge in [0.1, 0.15) is 5.78 Å². The molecule has 1 rings (SSSR count). The summed E-state index contributed by atoms with van der Waals surface area (Å²) in [6, 6.07) is 8.13. The molecule has 1 aromatic carbocycles. The van der Waals surface area contributed by atoms with E-state index in [9.17, 15) is 4.79 Å². The molecule has 0 heterocycles. The van der Waals surface area contributed by atoms with Gasteiger partial charge in [0.15, 0.2) is 0 Å². The van der Waals surface area contributed by atoms with Crippen molar-refractivity contribution in [2.45, 2.75) is 53.4 Å². The molecular weight excluding hydrogens is 246 g/mol. The van der Waals surface area contributed by atoms with E-state index in [1.54, 1.807) is 0 Å². The fourth-order valence-corrected chi connectivity index (χ4v) is 2.66. The molecule has 1 unspecified atom stereocenters. The highest BCUT2D eigenvalue weighted by atomic mass is 16.1. The van der Waals surface area contributed by atoms with Crippen molar-refractivity contribution in [3.05, 3.63) is 35.4 Å². The van der Waals surface area contributed by atoms with Crippen molar-refractivity contribution in [1.82, 2.24) is 0 Å². The number of carbonyl (C=O) groups excluding carboxylic acids is 1. The molecule has 0 aromatic heterocycles. The van der Waals surface area contributed by atoms with Crippen LogP contribution in [0.5, 0.6) is 0 Å². The zero-order chi connectivity index (χ0) is 15.2. The van der Waals surface area contributed by atoms with Crippen molar-refractivity contribution in [2.24, 2.45) is 17.1 Å². The van der Waals surface area contributed by atoms with Crippen LogP contribution in [-0.2, 0) is 11.2 Å². The van der Waals surface area contributed by atoms with Gasteiger partial charge in [0, 0.05) is 12.8 Å². The number of carbonyl (C=O) groups is 1. The molecule has 0 radical (unpaired) electrons. The first-order valence-electron chi connectivity index (χ1n) is 7.61. The molecule has 0 saturated heterocycles. The topological polar surface area (TPSA) is 43.1 Å². The number of aryl methyl sites for hydroxylation is 1. The van der Waals surface area contributed by atoms with E-state index < -0.39 is 0 Å². The normalized spacial score (nSPS) is 13.2. The Kier molecular flexibility index (Phi) is 6.41. The lowest BCUT2D eigenvalue weighted by molar-refractivity contribution is -0.118. The Labute approximate surface area is 123 Å². The maximum atomic E-state index is 12.2. The minimum atomic E-state index is 0.225. The number of hydrogen-bond acceptors (Lipinski definition) is 2. The highest BCUT2D eigenvalue weighted by molar-refractivity contribution is 5.81. The first kappa shape index (κ1) is 16.9. The van der Waals surface area contributed by atoms with E-state index in [4.69, 9.17) is 5.73 Å². The van der Waals surface area contributed by atoms with Gasteiger partial charge in [-0.3, -0.25) is 4.79 Å². The summed E-state index contributed by atoms with van der Waals surface area (Å²) in [5, 5.41) is 0. The van der Waals surface area contributed by atoms with Gasteiger partial charge in [-0.25, -0.2) is 0 Å². The zero-order valence-electron chi connectivity index (χ0n) is 13.4. The quantitative estimate of drug-likeness (QED) is 0.820. The molecule has 1 aromatic rings. The maximum absolute atomic E-state index is 12.2. The highest BCUT2D eigenvalue weighted by Crippen LogP contribution is 2.32. The Balaban J connectivity index is 2.52. The number of ketones is 1. The van der Waals surface area contributed by atoms with Crippen LogP contribution < -0.4 is 5.73 Å². The SMILES string of the molecule is Cc1ccccc1CC(=O)CCC(CCN)C(C)(C)C. The van der Waals surface area contributed by atoms with Crippen molar-refractivity contribution in [3.63, 3.8) is 0 Å². The van der Waals surface area contributed by atoms with Gasteiger partial charge in [-0.2, -0.15) is 0 Å². The number of Topliss-reactive ketones (excluding diaryl/α,β-unsaturated/α-hetero) is 1. The molecule has 2 nitrogen and oxygen atoms in total. The van der Waals surface area contributed by atoms with E-state index in [-0.39, 0.29) is 5.41 Å². The third-order valence-corrected chi connectivity index (χ3v) is 4.16. The molecule has 0 aliphatic heterocycles. The van der Waals surface area contributed by atoms with Gasteiger partial charge in [-0.15, -0.1) is 0 Å². The average Bonchev–Trinajstić information content (AvgIpc) is 2.36. The lowest BCUT2D eigenvalue weighted by Gasteiger charge is -2.30. The number of hydrogen-bond donors (Lipinski definition) is 1. The van der Waals surface area contributed by atoms with Crippen molar-refractivity contribution in [3.8, 4) is 0 Å². The molecule has 0 saturated carbocycles. The standard InChI is InChI=1S/C18H29NO/c1-14-7-5-6-8-15(14)13-17(20)10-9-16(11-12-19)18(2,3)4/h5-8,16H,9-13,19H2,1-4H3. The van der Waals surface area contributed by atoms with Crippen molar-refractivity contribution in [1.29, 1.82) is 0 Å². The van der Waals surface area contributed by atoms with Crippen LogP contribution in [0.4, 0.5) is 0 Å². The molecule has 0 bridgehead atoms. The first-order chi connectivity index (χ1) is 9.34. The van der Waals surface area contributed by atoms with Crippen LogP contribution >= 0.6 is 0 Å². The van der Waals surface area contributed by atoms with Gasteiger partial charge >= 0.3 is 0 Å². The number of benzene rings is 1. The third kappa shape index (κ3) is 5.46. The van der Waals surface area contributed by atoms with Crippen molar-refractivity contribution >= 4 is 5.78 Å². The Bertz CT molecular complexity index is 431. The molecule has 0 aliphatic carbocycles. The predicted octanol–water partition coefficient (Wildman–Crippen LogP) is 3.90. The lowest BCUT2D eigenvalue weighted by Crippen LogP contribution is -2.24. The molecule has 1 atom stereocenters. The van der Waals surface area contributed by atoms with Gasteiger partial charge in [-0.05, 0) is 48.8 Å². The molecular formula is C18H29NO. The van der Waals surface area contributed by atoms with E-state index in [2.05, 4.69) is 33.8 Å². The van der Waals surface area contributed by atoms with Crippen LogP contribution in [0.2, 0.25) is 0 Å². The van der Waals surface area contributed by atoms with E-state index >= 15 is 0 Å². The van der Waals surface area contributed by atoms with Gasteiger partial charge in [-0.1, -0.05) is 45.0 Å². The summed E-state index contributed by atoms with van der Waals surface area (Å²) in [6.45, 7) is 9.47. The fourth-order valence-electron chi connectivity index (χ4n) is 2.66. The second-order valence-corrected chi connectivity index (χ2v) is 6.82. The Morgan fingerprint density at radius 3 is 2.40 bits per heavy atom. The van der Waals surface area contributed by atoms with Gasteiger partial charge in [0.05, 0.1) is 0 Å². The highest BCUT2D eigenvalue weighted by Gasteiger charge is 2.24. The third-order valence-electron chi connectivity index (χ3n) is 4.16. The summed E-state index contributed by atoms with van der Waals surface area (Å²) in [6.07, 6.45) is 3.18. The van der Waals surface area contributed by atoms with Crippen LogP contribution in [0.25, 0.3) is 0 Å². The molecule has 2 heteroatoms. The number of nitrogens with two attached hydrogens (primary N) is 1. The summed E-state index contributed by atoms with van der Waals surface area (Å²) in [5.41, 5.74) is 8.28. The smallest absolute Gasteiger partial charge is 0.137 e. The maximum Gasteiger partial charge on any atom is 0.137 e. The second-order valence-electron chi connectivity index (χ2n) is 6.82. The van der Waals surface area contributed by atoms with Crippen LogP contribution in [0.15, 0.2) is 24.3 Å². The molecule has 0 aliphatic rings. The Morgan fingerprint density at radius 1 is 1.20 bits per heavy atom. The summed E-state index contributed by atoms with van der Waals surface area (Å²) in [5.74, 6) is 0.860. The summed E-state index contributed by atoms with van der Waals surface area (Å²) < 4.78 is 0. The van der Waals surface area contributed by atoms with Crippen LogP contribution in [0.1, 0.15) is 51.2 Å². The van der Waals surface area contributed by atoms with Gasteiger partial charge in [0.25, 0.3) is 0 Å². The van der Waals surface area contributed by atoms with E-state index in [1.165, 1.54) is 5.56 Å². The molecule has 20 heavy (non-hydrogen) atoms. The van der Waals surface area contributed by atoms with Crippen LogP contribution in [-0.4, -0.2) is 12.3 Å². The van der Waals surface area contributed by atoms with Crippen molar-refractivity contribution in [2.75, 3.05) is 6.54 Å². The zero-order valence-corrected chi connectivity index (χ0v) is 13.4. The largest absolute Gasteiger partial charge is 0.330 e. The monoisotopic (exact) mass is 275 g/mol. The van der Waals surface area contributed by atoms with E-state index in [0.29, 0.717) is 31.1 Å². The van der Waals surface area contributed by atoms with Gasteiger partial charge in [0.2, 0.25) is 0 Å². The minimum absolute atomic E-state index is 0.225. The summed E-state index contributed by atoms with van der Waals surface area (Å²) in [7, 11) is 0. The average molecular weight is 275 g/mol. The first-order valence-corrected chi connectivity index (χ1v) is 7.61. The predicted molar refractivity (Wildman–Crippen MR) is 85.7 cm³/mol. The lowest BCUT2D eigenvalue weighted by atomic mass is 9.76. The summed E-state index contributed by atoms with van der Waals surface area (Å²) in [4.78, 5) is 12.2. The molecule has 112 valence electrons. The molecule has 2 N–H and O–H groups in total. The van der Waals surface area contributed by atoms with E-state index in [1.807, 2.05) is 18.2 Å². The van der Waals surface area contributed by atoms with Gasteiger partial charge < -0.3 is 5.73 Å². The van der Waals surface area contributed by atoms with E-state index in [0.717, 1.165) is 18.4 Å². The minimum Gasteiger partial charge on any atom is -0.330 e. The molecule has 0 fully saturated rings. The Morgan fingerprint density at radius 2 is 1.85 bits per heavy atom. The van der Waals surface area contributed by atoms with Crippen LogP contribution in [0.3, 0.4) is 0 Å². The fraction of sp³-hybridized carbons (Fsp3) is 0.611. The molecule has 0 spiro atoms. The Hall–Kier alpha value is -1.15. The summed E-state index contributed by atoms with van der Waals surface area (Å²) >= 11 is 0. The number of rotatable bonds is 7. The molecule has 0 amide bonds. The van der Waals surface area contributed by atoms with Crippen LogP contribution in [0, 0.1) is 18.3 Å². The van der Waals surface area contributed by atoms with Crippen molar-refractivity contribution < 1.29 is 4.79 Å². The second kappa shape index (κ2) is 7.58.